The maximum Gasteiger partial charge on any atom is 0.277 e. The molecule has 1 heterocycles. The molecule has 0 aliphatic heterocycles. The smallest absolute Gasteiger partial charge is 0.277 e. The first-order chi connectivity index (χ1) is 15.2. The number of nitrogens with zero attached hydrogens (tertiary/aromatic N) is 3. The van der Waals surface area contributed by atoms with Crippen LogP contribution in [0.2, 0.25) is 5.02 Å². The van der Waals surface area contributed by atoms with Crippen molar-refractivity contribution in [3.63, 3.8) is 0 Å². The van der Waals surface area contributed by atoms with E-state index in [4.69, 9.17) is 16.0 Å². The second-order valence-corrected chi connectivity index (χ2v) is 8.25. The molecule has 4 rings (SSSR count). The third-order valence-electron chi connectivity index (χ3n) is 4.60. The number of carbonyl (C=O) groups is 1. The molecular formula is C24H20ClN3O2S. The second-order valence-electron chi connectivity index (χ2n) is 6.89. The highest BCUT2D eigenvalue weighted by molar-refractivity contribution is 7.99. The van der Waals surface area contributed by atoms with E-state index in [9.17, 15) is 4.79 Å². The van der Waals surface area contributed by atoms with Crippen LogP contribution in [0.1, 0.15) is 11.1 Å². The Hall–Kier alpha value is -3.09. The normalized spacial score (nSPS) is 10.7. The standard InChI is InChI=1S/C24H20ClN3O2S/c25-21-13-11-20(12-14-21)23-26-27-24(30-23)31-17-22(29)28(15-18-7-3-1-4-8-18)16-19-9-5-2-6-10-19/h1-14H,15-17H2. The summed E-state index contributed by atoms with van der Waals surface area (Å²) in [5, 5.41) is 9.12. The van der Waals surface area contributed by atoms with Crippen molar-refractivity contribution in [2.45, 2.75) is 18.3 Å². The fraction of sp³-hybridized carbons (Fsp3) is 0.125. The van der Waals surface area contributed by atoms with Gasteiger partial charge in [0.1, 0.15) is 0 Å². The molecule has 0 N–H and O–H groups in total. The molecule has 0 unspecified atom stereocenters. The molecule has 4 aromatic rings. The minimum atomic E-state index is 0.00366. The minimum Gasteiger partial charge on any atom is -0.411 e. The monoisotopic (exact) mass is 449 g/mol. The Morgan fingerprint density at radius 2 is 1.42 bits per heavy atom. The van der Waals surface area contributed by atoms with Gasteiger partial charge in [-0.05, 0) is 35.4 Å². The van der Waals surface area contributed by atoms with Crippen LogP contribution in [0.4, 0.5) is 0 Å². The number of hydrogen-bond donors (Lipinski definition) is 0. The van der Waals surface area contributed by atoms with Gasteiger partial charge >= 0.3 is 0 Å². The van der Waals surface area contributed by atoms with Crippen molar-refractivity contribution in [1.29, 1.82) is 0 Å². The first-order valence-corrected chi connectivity index (χ1v) is 11.1. The summed E-state index contributed by atoms with van der Waals surface area (Å²) in [5.41, 5.74) is 2.95. The SMILES string of the molecule is O=C(CSc1nnc(-c2ccc(Cl)cc2)o1)N(Cc1ccccc1)Cc1ccccc1. The van der Waals surface area contributed by atoms with Gasteiger partial charge in [0.05, 0.1) is 5.75 Å². The van der Waals surface area contributed by atoms with Crippen LogP contribution in [0.25, 0.3) is 11.5 Å². The number of amides is 1. The zero-order valence-corrected chi connectivity index (χ0v) is 18.2. The first-order valence-electron chi connectivity index (χ1n) is 9.75. The maximum absolute atomic E-state index is 13.0. The van der Waals surface area contributed by atoms with Gasteiger partial charge in [0.25, 0.3) is 5.22 Å². The van der Waals surface area contributed by atoms with Crippen LogP contribution in [0.15, 0.2) is 94.6 Å². The number of carbonyl (C=O) groups excluding carboxylic acids is 1. The molecule has 5 nitrogen and oxygen atoms in total. The number of aromatic nitrogens is 2. The lowest BCUT2D eigenvalue weighted by atomic mass is 10.1. The highest BCUT2D eigenvalue weighted by Crippen LogP contribution is 2.25. The number of rotatable bonds is 8. The average molecular weight is 450 g/mol. The van der Waals surface area contributed by atoms with Crippen LogP contribution in [0.3, 0.4) is 0 Å². The van der Waals surface area contributed by atoms with Crippen LogP contribution in [0.5, 0.6) is 0 Å². The molecule has 0 atom stereocenters. The lowest BCUT2D eigenvalue weighted by molar-refractivity contribution is -0.129. The molecule has 7 heteroatoms. The quantitative estimate of drug-likeness (QED) is 0.322. The van der Waals surface area contributed by atoms with Gasteiger partial charge in [-0.25, -0.2) is 0 Å². The number of thioether (sulfide) groups is 1. The second kappa shape index (κ2) is 10.3. The first kappa shape index (κ1) is 21.2. The summed E-state index contributed by atoms with van der Waals surface area (Å²) in [6, 6.07) is 27.1. The molecule has 31 heavy (non-hydrogen) atoms. The van der Waals surface area contributed by atoms with E-state index < -0.39 is 0 Å². The molecule has 0 radical (unpaired) electrons. The maximum atomic E-state index is 13.0. The van der Waals surface area contributed by atoms with Crippen molar-refractivity contribution in [1.82, 2.24) is 15.1 Å². The number of benzene rings is 3. The Morgan fingerprint density at radius 3 is 2.00 bits per heavy atom. The highest BCUT2D eigenvalue weighted by atomic mass is 35.5. The van der Waals surface area contributed by atoms with E-state index in [1.165, 1.54) is 11.8 Å². The summed E-state index contributed by atoms with van der Waals surface area (Å²) in [4.78, 5) is 14.9. The lowest BCUT2D eigenvalue weighted by Crippen LogP contribution is -2.31. The van der Waals surface area contributed by atoms with E-state index in [0.29, 0.717) is 29.2 Å². The van der Waals surface area contributed by atoms with Crippen molar-refractivity contribution in [3.8, 4) is 11.5 Å². The Bertz CT molecular complexity index is 1080. The molecule has 0 spiro atoms. The van der Waals surface area contributed by atoms with Crippen LogP contribution < -0.4 is 0 Å². The van der Waals surface area contributed by atoms with E-state index >= 15 is 0 Å². The van der Waals surface area contributed by atoms with Gasteiger partial charge in [-0.1, -0.05) is 84.0 Å². The molecule has 0 aliphatic rings. The van der Waals surface area contributed by atoms with Gasteiger partial charge < -0.3 is 9.32 Å². The summed E-state index contributed by atoms with van der Waals surface area (Å²) in [5.74, 6) is 0.614. The minimum absolute atomic E-state index is 0.00366. The Kier molecular flexibility index (Phi) is 7.02. The molecule has 0 saturated carbocycles. The summed E-state index contributed by atoms with van der Waals surface area (Å²) in [6.45, 7) is 1.07. The fourth-order valence-corrected chi connectivity index (χ4v) is 3.82. The van der Waals surface area contributed by atoms with Crippen molar-refractivity contribution in [2.75, 3.05) is 5.75 Å². The van der Waals surface area contributed by atoms with Crippen molar-refractivity contribution >= 4 is 29.3 Å². The summed E-state index contributed by atoms with van der Waals surface area (Å²) < 4.78 is 5.70. The molecule has 3 aromatic carbocycles. The summed E-state index contributed by atoms with van der Waals surface area (Å²) in [7, 11) is 0. The Balaban J connectivity index is 1.42. The lowest BCUT2D eigenvalue weighted by Gasteiger charge is -2.23. The molecule has 0 aliphatic carbocycles. The van der Waals surface area contributed by atoms with Gasteiger partial charge in [0, 0.05) is 23.7 Å². The van der Waals surface area contributed by atoms with Gasteiger partial charge in [0.2, 0.25) is 11.8 Å². The number of hydrogen-bond acceptors (Lipinski definition) is 5. The van der Waals surface area contributed by atoms with Crippen LogP contribution in [-0.4, -0.2) is 26.8 Å². The van der Waals surface area contributed by atoms with Crippen molar-refractivity contribution < 1.29 is 9.21 Å². The van der Waals surface area contributed by atoms with E-state index in [0.717, 1.165) is 16.7 Å². The molecule has 156 valence electrons. The average Bonchev–Trinajstić information content (AvgIpc) is 3.28. The third-order valence-corrected chi connectivity index (χ3v) is 5.66. The Morgan fingerprint density at radius 1 is 0.839 bits per heavy atom. The highest BCUT2D eigenvalue weighted by Gasteiger charge is 2.17. The van der Waals surface area contributed by atoms with Crippen LogP contribution in [-0.2, 0) is 17.9 Å². The number of halogens is 1. The van der Waals surface area contributed by atoms with Crippen molar-refractivity contribution in [3.05, 3.63) is 101 Å². The van der Waals surface area contributed by atoms with E-state index in [2.05, 4.69) is 10.2 Å². The van der Waals surface area contributed by atoms with Crippen LogP contribution in [0, 0.1) is 0 Å². The third kappa shape index (κ3) is 5.96. The summed E-state index contributed by atoms with van der Waals surface area (Å²) >= 11 is 7.16. The predicted molar refractivity (Wildman–Crippen MR) is 123 cm³/mol. The van der Waals surface area contributed by atoms with E-state index in [1.807, 2.05) is 77.7 Å². The fourth-order valence-electron chi connectivity index (χ4n) is 3.03. The summed E-state index contributed by atoms with van der Waals surface area (Å²) in [6.07, 6.45) is 0. The van der Waals surface area contributed by atoms with Gasteiger partial charge in [-0.3, -0.25) is 4.79 Å². The Labute approximate surface area is 190 Å². The molecule has 0 bridgehead atoms. The zero-order chi connectivity index (χ0) is 21.5. The van der Waals surface area contributed by atoms with E-state index in [-0.39, 0.29) is 11.7 Å². The molecule has 0 fully saturated rings. The molecule has 1 aromatic heterocycles. The molecule has 0 saturated heterocycles. The molecule has 1 amide bonds. The predicted octanol–water partition coefficient (Wildman–Crippen LogP) is 5.71. The zero-order valence-electron chi connectivity index (χ0n) is 16.6. The topological polar surface area (TPSA) is 59.2 Å². The van der Waals surface area contributed by atoms with Crippen LogP contribution >= 0.6 is 23.4 Å². The van der Waals surface area contributed by atoms with Gasteiger partial charge in [-0.2, -0.15) is 0 Å². The van der Waals surface area contributed by atoms with E-state index in [1.54, 1.807) is 12.1 Å². The largest absolute Gasteiger partial charge is 0.411 e. The van der Waals surface area contributed by atoms with Gasteiger partial charge in [-0.15, -0.1) is 10.2 Å². The molecular weight excluding hydrogens is 430 g/mol. The van der Waals surface area contributed by atoms with Gasteiger partial charge in [0.15, 0.2) is 0 Å². The van der Waals surface area contributed by atoms with Crippen molar-refractivity contribution in [2.24, 2.45) is 0 Å².